The van der Waals surface area contributed by atoms with E-state index in [-0.39, 0.29) is 12.5 Å². The summed E-state index contributed by atoms with van der Waals surface area (Å²) >= 11 is 0. The summed E-state index contributed by atoms with van der Waals surface area (Å²) in [6.07, 6.45) is 2.53. The summed E-state index contributed by atoms with van der Waals surface area (Å²) in [6, 6.07) is 0. The lowest BCUT2D eigenvalue weighted by atomic mass is 9.78. The van der Waals surface area contributed by atoms with E-state index in [1.807, 2.05) is 6.92 Å². The fourth-order valence-corrected chi connectivity index (χ4v) is 2.64. The van der Waals surface area contributed by atoms with Crippen molar-refractivity contribution in [3.8, 4) is 0 Å². The minimum absolute atomic E-state index is 0.0209. The van der Waals surface area contributed by atoms with Gasteiger partial charge in [-0.3, -0.25) is 4.79 Å². The van der Waals surface area contributed by atoms with Crippen LogP contribution in [0.3, 0.4) is 0 Å². The Morgan fingerprint density at radius 1 is 1.39 bits per heavy atom. The number of nitrogens with zero attached hydrogens (tertiary/aromatic N) is 1. The van der Waals surface area contributed by atoms with Gasteiger partial charge in [-0.1, -0.05) is 6.92 Å². The second-order valence-corrected chi connectivity index (χ2v) is 4.98. The molecule has 5 nitrogen and oxygen atoms in total. The van der Waals surface area contributed by atoms with Gasteiger partial charge in [0.05, 0.1) is 18.6 Å². The third kappa shape index (κ3) is 3.67. The maximum atomic E-state index is 12.7. The van der Waals surface area contributed by atoms with Crippen LogP contribution in [0.2, 0.25) is 0 Å². The predicted octanol–water partition coefficient (Wildman–Crippen LogP) is 0.234. The summed E-state index contributed by atoms with van der Waals surface area (Å²) in [4.78, 5) is 14.5. The first-order chi connectivity index (χ1) is 8.70. The Kier molecular flexibility index (Phi) is 6.60. The fourth-order valence-electron chi connectivity index (χ4n) is 2.64. The van der Waals surface area contributed by atoms with Crippen molar-refractivity contribution in [3.05, 3.63) is 0 Å². The molecular weight excluding hydrogens is 232 g/mol. The van der Waals surface area contributed by atoms with Crippen molar-refractivity contribution in [2.24, 2.45) is 5.41 Å². The Hall–Kier alpha value is -0.650. The third-order valence-corrected chi connectivity index (χ3v) is 3.59. The van der Waals surface area contributed by atoms with E-state index >= 15 is 0 Å². The maximum absolute atomic E-state index is 12.7. The van der Waals surface area contributed by atoms with Crippen LogP contribution < -0.4 is 5.32 Å². The molecule has 1 saturated heterocycles. The van der Waals surface area contributed by atoms with Crippen LogP contribution in [0.1, 0.15) is 26.2 Å². The second kappa shape index (κ2) is 7.71. The molecule has 0 bridgehead atoms. The average molecular weight is 258 g/mol. The quantitative estimate of drug-likeness (QED) is 0.686. The number of aliphatic hydroxyl groups is 1. The normalized spacial score (nSPS) is 18.6. The van der Waals surface area contributed by atoms with Crippen molar-refractivity contribution in [1.82, 2.24) is 10.2 Å². The molecule has 1 rings (SSSR count). The number of aliphatic hydroxyl groups excluding tert-OH is 1. The first-order valence-electron chi connectivity index (χ1n) is 6.80. The molecule has 0 spiro atoms. The zero-order chi connectivity index (χ0) is 13.4. The van der Waals surface area contributed by atoms with Crippen LogP contribution in [0.25, 0.3) is 0 Å². The summed E-state index contributed by atoms with van der Waals surface area (Å²) < 4.78 is 5.27. The van der Waals surface area contributed by atoms with Gasteiger partial charge in [0, 0.05) is 20.2 Å². The number of ether oxygens (including phenoxy) is 1. The highest BCUT2D eigenvalue weighted by Crippen LogP contribution is 2.31. The van der Waals surface area contributed by atoms with Crippen molar-refractivity contribution >= 4 is 5.91 Å². The molecule has 0 atom stereocenters. The molecule has 0 radical (unpaired) electrons. The van der Waals surface area contributed by atoms with Crippen molar-refractivity contribution in [1.29, 1.82) is 0 Å². The smallest absolute Gasteiger partial charge is 0.231 e. The van der Waals surface area contributed by atoms with E-state index in [0.29, 0.717) is 19.7 Å². The van der Waals surface area contributed by atoms with Gasteiger partial charge in [0.15, 0.2) is 0 Å². The molecule has 1 heterocycles. The largest absolute Gasteiger partial charge is 0.395 e. The van der Waals surface area contributed by atoms with Crippen LogP contribution >= 0.6 is 0 Å². The molecule has 106 valence electrons. The highest BCUT2D eigenvalue weighted by Gasteiger charge is 2.41. The molecule has 18 heavy (non-hydrogen) atoms. The molecule has 0 saturated carbocycles. The fraction of sp³-hybridized carbons (Fsp3) is 0.923. The minimum atomic E-state index is -0.398. The molecule has 0 unspecified atom stereocenters. The highest BCUT2D eigenvalue weighted by atomic mass is 16.5. The van der Waals surface area contributed by atoms with E-state index in [2.05, 4.69) is 5.32 Å². The standard InChI is InChI=1S/C13H26N2O3/c1-3-8-15(9-10-16)12(17)13(11-18-2)4-6-14-7-5-13/h14,16H,3-11H2,1-2H3. The minimum Gasteiger partial charge on any atom is -0.395 e. The lowest BCUT2D eigenvalue weighted by Crippen LogP contribution is -2.52. The van der Waals surface area contributed by atoms with Crippen molar-refractivity contribution < 1.29 is 14.6 Å². The Balaban J connectivity index is 2.78. The Morgan fingerprint density at radius 2 is 2.06 bits per heavy atom. The number of hydrogen-bond acceptors (Lipinski definition) is 4. The molecule has 1 fully saturated rings. The van der Waals surface area contributed by atoms with Gasteiger partial charge in [-0.05, 0) is 32.4 Å². The number of nitrogens with one attached hydrogen (secondary N) is 1. The van der Waals surface area contributed by atoms with Gasteiger partial charge in [0.2, 0.25) is 5.91 Å². The van der Waals surface area contributed by atoms with Crippen molar-refractivity contribution in [2.45, 2.75) is 26.2 Å². The first-order valence-corrected chi connectivity index (χ1v) is 6.80. The Labute approximate surface area is 109 Å². The van der Waals surface area contributed by atoms with E-state index in [0.717, 1.165) is 32.4 Å². The molecule has 0 aliphatic carbocycles. The average Bonchev–Trinajstić information content (AvgIpc) is 2.39. The van der Waals surface area contributed by atoms with Crippen LogP contribution in [0, 0.1) is 5.41 Å². The number of piperidine rings is 1. The van der Waals surface area contributed by atoms with E-state index in [1.165, 1.54) is 0 Å². The second-order valence-electron chi connectivity index (χ2n) is 4.98. The van der Waals surface area contributed by atoms with E-state index in [9.17, 15) is 4.79 Å². The molecular formula is C13H26N2O3. The molecule has 5 heteroatoms. The topological polar surface area (TPSA) is 61.8 Å². The number of methoxy groups -OCH3 is 1. The van der Waals surface area contributed by atoms with Crippen LogP contribution in [-0.2, 0) is 9.53 Å². The van der Waals surface area contributed by atoms with Gasteiger partial charge in [-0.15, -0.1) is 0 Å². The van der Waals surface area contributed by atoms with Gasteiger partial charge in [-0.2, -0.15) is 0 Å². The highest BCUT2D eigenvalue weighted by molar-refractivity contribution is 5.83. The predicted molar refractivity (Wildman–Crippen MR) is 70.4 cm³/mol. The first kappa shape index (κ1) is 15.4. The molecule has 2 N–H and O–H groups in total. The van der Waals surface area contributed by atoms with Gasteiger partial charge >= 0.3 is 0 Å². The van der Waals surface area contributed by atoms with Gasteiger partial charge < -0.3 is 20.1 Å². The zero-order valence-corrected chi connectivity index (χ0v) is 11.6. The van der Waals surface area contributed by atoms with Gasteiger partial charge in [0.1, 0.15) is 0 Å². The third-order valence-electron chi connectivity index (χ3n) is 3.59. The van der Waals surface area contributed by atoms with Gasteiger partial charge in [-0.25, -0.2) is 0 Å². The summed E-state index contributed by atoms with van der Waals surface area (Å²) in [5, 5.41) is 12.4. The summed E-state index contributed by atoms with van der Waals surface area (Å²) in [5.74, 6) is 0.141. The molecule has 1 amide bonds. The zero-order valence-electron chi connectivity index (χ0n) is 11.6. The van der Waals surface area contributed by atoms with Crippen LogP contribution in [-0.4, -0.2) is 62.4 Å². The number of carbonyl (C=O) groups excluding carboxylic acids is 1. The number of carbonyl (C=O) groups is 1. The lowest BCUT2D eigenvalue weighted by Gasteiger charge is -2.39. The number of amides is 1. The maximum Gasteiger partial charge on any atom is 0.231 e. The summed E-state index contributed by atoms with van der Waals surface area (Å²) in [6.45, 7) is 5.38. The number of rotatable bonds is 7. The van der Waals surface area contributed by atoms with Crippen LogP contribution in [0.5, 0.6) is 0 Å². The van der Waals surface area contributed by atoms with E-state index < -0.39 is 5.41 Å². The molecule has 1 aliphatic heterocycles. The van der Waals surface area contributed by atoms with Crippen LogP contribution in [0.15, 0.2) is 0 Å². The van der Waals surface area contributed by atoms with Gasteiger partial charge in [0.25, 0.3) is 0 Å². The van der Waals surface area contributed by atoms with Crippen molar-refractivity contribution in [2.75, 3.05) is 46.5 Å². The summed E-state index contributed by atoms with van der Waals surface area (Å²) in [5.41, 5.74) is -0.398. The van der Waals surface area contributed by atoms with Crippen molar-refractivity contribution in [3.63, 3.8) is 0 Å². The molecule has 0 aromatic rings. The van der Waals surface area contributed by atoms with E-state index in [1.54, 1.807) is 12.0 Å². The number of hydrogen-bond donors (Lipinski definition) is 2. The molecule has 0 aromatic carbocycles. The SMILES string of the molecule is CCCN(CCO)C(=O)C1(COC)CCNCC1. The Morgan fingerprint density at radius 3 is 2.56 bits per heavy atom. The monoisotopic (exact) mass is 258 g/mol. The van der Waals surface area contributed by atoms with Crippen LogP contribution in [0.4, 0.5) is 0 Å². The summed E-state index contributed by atoms with van der Waals surface area (Å²) in [7, 11) is 1.65. The lowest BCUT2D eigenvalue weighted by molar-refractivity contribution is -0.148. The Bertz CT molecular complexity index is 241. The van der Waals surface area contributed by atoms with E-state index in [4.69, 9.17) is 9.84 Å². The molecule has 0 aromatic heterocycles. The molecule has 1 aliphatic rings.